The number of benzene rings is 2. The van der Waals surface area contributed by atoms with Crippen LogP contribution in [0.2, 0.25) is 0 Å². The number of fused-ring (bicyclic) bond motifs is 1. The van der Waals surface area contributed by atoms with Gasteiger partial charge in [0.25, 0.3) is 11.8 Å². The van der Waals surface area contributed by atoms with Crippen molar-refractivity contribution in [2.24, 2.45) is 16.6 Å². The molecule has 2 aromatic carbocycles. The topological polar surface area (TPSA) is 105 Å². The van der Waals surface area contributed by atoms with Gasteiger partial charge in [0, 0.05) is 24.5 Å². The molecule has 3 aromatic rings. The van der Waals surface area contributed by atoms with Gasteiger partial charge >= 0.3 is 6.18 Å². The van der Waals surface area contributed by atoms with E-state index < -0.39 is 35.2 Å². The average molecular weight is 553 g/mol. The maximum absolute atomic E-state index is 14.0. The molecule has 2 heterocycles. The predicted octanol–water partition coefficient (Wildman–Crippen LogP) is 5.22. The highest BCUT2D eigenvalue weighted by molar-refractivity contribution is 6.05. The summed E-state index contributed by atoms with van der Waals surface area (Å²) in [7, 11) is 0. The van der Waals surface area contributed by atoms with Crippen molar-refractivity contribution in [1.82, 2.24) is 19.8 Å². The van der Waals surface area contributed by atoms with Crippen LogP contribution in [0, 0.1) is 5.92 Å². The van der Waals surface area contributed by atoms with Gasteiger partial charge in [0.05, 0.1) is 41.6 Å². The standard InChI is InChI=1S/C29H31F3N6O2/c1-18(2)11-12-36-28(33)38(26(39)20-7-5-4-6-8-20)19(3)21-9-10-23(29(30,31)32)22(15-21)27(40)37-16-24-25(17-37)35-14-13-34-24/h4-10,13-15,18-19H,11-12,16-17H2,1-3H3,(H2,33,36)/t19-/m1/s1. The van der Waals surface area contributed by atoms with E-state index in [1.807, 2.05) is 13.8 Å². The molecule has 40 heavy (non-hydrogen) atoms. The monoisotopic (exact) mass is 552 g/mol. The maximum atomic E-state index is 14.0. The summed E-state index contributed by atoms with van der Waals surface area (Å²) >= 11 is 0. The van der Waals surface area contributed by atoms with Crippen molar-refractivity contribution in [3.05, 3.63) is 94.6 Å². The van der Waals surface area contributed by atoms with E-state index in [0.717, 1.165) is 12.5 Å². The Labute approximate surface area is 230 Å². The molecule has 0 spiro atoms. The number of carbonyl (C=O) groups is 2. The molecule has 2 N–H and O–H groups in total. The van der Waals surface area contributed by atoms with Crippen LogP contribution in [0.15, 0.2) is 65.9 Å². The van der Waals surface area contributed by atoms with Gasteiger partial charge in [0.15, 0.2) is 5.96 Å². The van der Waals surface area contributed by atoms with Crippen LogP contribution in [-0.4, -0.2) is 44.1 Å². The number of hydrogen-bond acceptors (Lipinski definition) is 5. The third-order valence-electron chi connectivity index (χ3n) is 6.74. The molecule has 0 unspecified atom stereocenters. The van der Waals surface area contributed by atoms with Crippen molar-refractivity contribution in [3.63, 3.8) is 0 Å². The van der Waals surface area contributed by atoms with Crippen molar-refractivity contribution >= 4 is 17.8 Å². The number of nitrogens with zero attached hydrogens (tertiary/aromatic N) is 5. The van der Waals surface area contributed by atoms with Gasteiger partial charge in [-0.25, -0.2) is 0 Å². The van der Waals surface area contributed by atoms with Gasteiger partial charge in [0.1, 0.15) is 0 Å². The van der Waals surface area contributed by atoms with E-state index in [1.165, 1.54) is 34.3 Å². The molecule has 0 saturated carbocycles. The molecule has 0 bridgehead atoms. The first-order valence-electron chi connectivity index (χ1n) is 12.9. The molecule has 4 rings (SSSR count). The molecular weight excluding hydrogens is 521 g/mol. The molecule has 0 radical (unpaired) electrons. The van der Waals surface area contributed by atoms with Crippen LogP contribution in [0.4, 0.5) is 13.2 Å². The third kappa shape index (κ3) is 6.30. The predicted molar refractivity (Wildman–Crippen MR) is 144 cm³/mol. The molecule has 0 saturated heterocycles. The molecule has 2 amide bonds. The van der Waals surface area contributed by atoms with E-state index in [2.05, 4.69) is 15.0 Å². The summed E-state index contributed by atoms with van der Waals surface area (Å²) in [4.78, 5) is 42.3. The van der Waals surface area contributed by atoms with Crippen molar-refractivity contribution in [2.75, 3.05) is 6.54 Å². The van der Waals surface area contributed by atoms with Crippen LogP contribution in [0.25, 0.3) is 0 Å². The molecule has 0 fully saturated rings. The van der Waals surface area contributed by atoms with Gasteiger partial charge in [-0.3, -0.25) is 29.4 Å². The van der Waals surface area contributed by atoms with Gasteiger partial charge in [-0.2, -0.15) is 13.2 Å². The van der Waals surface area contributed by atoms with Gasteiger partial charge < -0.3 is 10.6 Å². The highest BCUT2D eigenvalue weighted by Gasteiger charge is 2.38. The van der Waals surface area contributed by atoms with Crippen molar-refractivity contribution < 1.29 is 22.8 Å². The number of halogens is 3. The molecule has 8 nitrogen and oxygen atoms in total. The fourth-order valence-corrected chi connectivity index (χ4v) is 4.50. The summed E-state index contributed by atoms with van der Waals surface area (Å²) in [6.07, 6.45) is -1.08. The van der Waals surface area contributed by atoms with Gasteiger partial charge in [0.2, 0.25) is 0 Å². The van der Waals surface area contributed by atoms with Crippen LogP contribution >= 0.6 is 0 Å². The highest BCUT2D eigenvalue weighted by atomic mass is 19.4. The van der Waals surface area contributed by atoms with Crippen LogP contribution in [0.1, 0.15) is 76.5 Å². The first-order chi connectivity index (χ1) is 19.0. The van der Waals surface area contributed by atoms with E-state index >= 15 is 0 Å². The minimum Gasteiger partial charge on any atom is -0.369 e. The summed E-state index contributed by atoms with van der Waals surface area (Å²) in [5.74, 6) is -0.959. The van der Waals surface area contributed by atoms with Crippen LogP contribution in [0.5, 0.6) is 0 Å². The molecule has 1 aliphatic heterocycles. The molecule has 0 aliphatic carbocycles. The third-order valence-corrected chi connectivity index (χ3v) is 6.74. The number of guanidine groups is 1. The lowest BCUT2D eigenvalue weighted by molar-refractivity contribution is -0.138. The summed E-state index contributed by atoms with van der Waals surface area (Å²) in [6, 6.07) is 10.9. The molecular formula is C29H31F3N6O2. The smallest absolute Gasteiger partial charge is 0.369 e. The second-order valence-electron chi connectivity index (χ2n) is 10.1. The second kappa shape index (κ2) is 11.8. The molecule has 1 aliphatic rings. The fraction of sp³-hybridized carbons (Fsp3) is 0.345. The first-order valence-corrected chi connectivity index (χ1v) is 12.9. The lowest BCUT2D eigenvalue weighted by Gasteiger charge is -2.30. The van der Waals surface area contributed by atoms with Crippen LogP contribution in [0.3, 0.4) is 0 Å². The van der Waals surface area contributed by atoms with Gasteiger partial charge in [-0.1, -0.05) is 38.1 Å². The number of aromatic nitrogens is 2. The largest absolute Gasteiger partial charge is 0.417 e. The summed E-state index contributed by atoms with van der Waals surface area (Å²) < 4.78 is 42.1. The SMILES string of the molecule is CC(C)CCN=C(N)N(C(=O)c1ccccc1)[C@H](C)c1ccc(C(F)(F)F)c(C(=O)N2Cc3nccnc3C2)c1. The minimum absolute atomic E-state index is 0.0488. The molecule has 1 atom stereocenters. The molecule has 11 heteroatoms. The zero-order valence-electron chi connectivity index (χ0n) is 22.5. The Morgan fingerprint density at radius 1 is 1.02 bits per heavy atom. The zero-order chi connectivity index (χ0) is 29.0. The number of carbonyl (C=O) groups excluding carboxylic acids is 2. The zero-order valence-corrected chi connectivity index (χ0v) is 22.5. The highest BCUT2D eigenvalue weighted by Crippen LogP contribution is 2.36. The van der Waals surface area contributed by atoms with E-state index in [4.69, 9.17) is 5.73 Å². The maximum Gasteiger partial charge on any atom is 0.417 e. The van der Waals surface area contributed by atoms with E-state index in [-0.39, 0.29) is 19.0 Å². The minimum atomic E-state index is -4.77. The molecule has 210 valence electrons. The van der Waals surface area contributed by atoms with Crippen molar-refractivity contribution in [3.8, 4) is 0 Å². The lowest BCUT2D eigenvalue weighted by atomic mass is 9.97. The Bertz CT molecular complexity index is 1380. The van der Waals surface area contributed by atoms with E-state index in [1.54, 1.807) is 37.3 Å². The van der Waals surface area contributed by atoms with Gasteiger partial charge in [-0.05, 0) is 49.1 Å². The summed E-state index contributed by atoms with van der Waals surface area (Å²) in [5.41, 5.74) is 6.45. The van der Waals surface area contributed by atoms with E-state index in [9.17, 15) is 22.8 Å². The first kappa shape index (κ1) is 28.7. The Balaban J connectivity index is 1.72. The van der Waals surface area contributed by atoms with Crippen molar-refractivity contribution in [1.29, 1.82) is 0 Å². The number of nitrogens with two attached hydrogens (primary N) is 1. The quantitative estimate of drug-likeness (QED) is 0.320. The summed E-state index contributed by atoms with van der Waals surface area (Å²) in [6.45, 7) is 6.19. The Morgan fingerprint density at radius 2 is 1.65 bits per heavy atom. The average Bonchev–Trinajstić information content (AvgIpc) is 3.36. The van der Waals surface area contributed by atoms with Crippen molar-refractivity contribution in [2.45, 2.75) is 52.5 Å². The Kier molecular flexibility index (Phi) is 8.51. The van der Waals surface area contributed by atoms with E-state index in [0.29, 0.717) is 35.0 Å². The number of aliphatic imine (C=N–C) groups is 1. The number of alkyl halides is 3. The second-order valence-corrected chi connectivity index (χ2v) is 10.1. The van der Waals surface area contributed by atoms with Crippen LogP contribution < -0.4 is 5.73 Å². The summed E-state index contributed by atoms with van der Waals surface area (Å²) in [5, 5.41) is 0. The Morgan fingerprint density at radius 3 is 2.23 bits per heavy atom. The van der Waals surface area contributed by atoms with Gasteiger partial charge in [-0.15, -0.1) is 0 Å². The number of amides is 2. The number of hydrogen-bond donors (Lipinski definition) is 1. The normalized spacial score (nSPS) is 14.3. The fourth-order valence-electron chi connectivity index (χ4n) is 4.50. The number of rotatable bonds is 7. The Hall–Kier alpha value is -4.28. The van der Waals surface area contributed by atoms with Crippen LogP contribution in [-0.2, 0) is 19.3 Å². The molecule has 1 aromatic heterocycles. The lowest BCUT2D eigenvalue weighted by Crippen LogP contribution is -2.44.